The minimum Gasteiger partial charge on any atom is -0.493 e. The van der Waals surface area contributed by atoms with E-state index in [1.54, 1.807) is 6.07 Å². The Balaban J connectivity index is 2.44. The van der Waals surface area contributed by atoms with Gasteiger partial charge in [0, 0.05) is 12.0 Å². The summed E-state index contributed by atoms with van der Waals surface area (Å²) in [4.78, 5) is 10.7. The van der Waals surface area contributed by atoms with E-state index < -0.39 is 12.1 Å². The van der Waals surface area contributed by atoms with E-state index in [0.29, 0.717) is 24.3 Å². The Morgan fingerprint density at radius 2 is 2.29 bits per heavy atom. The molecule has 1 aliphatic heterocycles. The van der Waals surface area contributed by atoms with Crippen LogP contribution in [-0.2, 0) is 0 Å². The van der Waals surface area contributed by atoms with Crippen molar-refractivity contribution >= 4 is 5.97 Å². The SMILES string of the molecule is O=C(O)c1ccc2c(c1)OCCC2O. The molecule has 1 aromatic carbocycles. The minimum atomic E-state index is -0.989. The second kappa shape index (κ2) is 3.31. The summed E-state index contributed by atoms with van der Waals surface area (Å²) in [6.45, 7) is 0.428. The van der Waals surface area contributed by atoms with Crippen molar-refractivity contribution in [2.45, 2.75) is 12.5 Å². The predicted molar refractivity (Wildman–Crippen MR) is 48.5 cm³/mol. The van der Waals surface area contributed by atoms with E-state index in [0.717, 1.165) is 0 Å². The normalized spacial score (nSPS) is 19.6. The fourth-order valence-electron chi connectivity index (χ4n) is 1.50. The lowest BCUT2D eigenvalue weighted by atomic mass is 10.0. The number of benzene rings is 1. The molecule has 0 aromatic heterocycles. The highest BCUT2D eigenvalue weighted by molar-refractivity contribution is 5.88. The van der Waals surface area contributed by atoms with E-state index in [4.69, 9.17) is 9.84 Å². The van der Waals surface area contributed by atoms with Gasteiger partial charge in [-0.3, -0.25) is 0 Å². The zero-order valence-corrected chi connectivity index (χ0v) is 7.43. The Morgan fingerprint density at radius 1 is 1.50 bits per heavy atom. The van der Waals surface area contributed by atoms with Gasteiger partial charge in [0.25, 0.3) is 0 Å². The second-order valence-electron chi connectivity index (χ2n) is 3.21. The fourth-order valence-corrected chi connectivity index (χ4v) is 1.50. The van der Waals surface area contributed by atoms with Crippen molar-refractivity contribution in [3.8, 4) is 5.75 Å². The largest absolute Gasteiger partial charge is 0.493 e. The van der Waals surface area contributed by atoms with Crippen molar-refractivity contribution in [3.63, 3.8) is 0 Å². The number of aromatic carboxylic acids is 1. The van der Waals surface area contributed by atoms with E-state index in [2.05, 4.69) is 0 Å². The summed E-state index contributed by atoms with van der Waals surface area (Å²) in [5.41, 5.74) is 0.846. The first-order valence-electron chi connectivity index (χ1n) is 4.36. The number of hydrogen-bond acceptors (Lipinski definition) is 3. The number of carboxylic acid groups (broad SMARTS) is 1. The van der Waals surface area contributed by atoms with E-state index in [9.17, 15) is 9.90 Å². The van der Waals surface area contributed by atoms with Crippen molar-refractivity contribution in [1.29, 1.82) is 0 Å². The number of carbonyl (C=O) groups is 1. The molecule has 0 radical (unpaired) electrons. The molecule has 0 fully saturated rings. The first kappa shape index (κ1) is 9.02. The Hall–Kier alpha value is -1.55. The van der Waals surface area contributed by atoms with Gasteiger partial charge in [-0.2, -0.15) is 0 Å². The van der Waals surface area contributed by atoms with Crippen LogP contribution in [0.4, 0.5) is 0 Å². The number of carboxylic acids is 1. The molecule has 2 rings (SSSR count). The van der Waals surface area contributed by atoms with Crippen LogP contribution in [0, 0.1) is 0 Å². The van der Waals surface area contributed by atoms with Crippen LogP contribution < -0.4 is 4.74 Å². The zero-order valence-electron chi connectivity index (χ0n) is 7.43. The lowest BCUT2D eigenvalue weighted by Crippen LogP contribution is -2.14. The number of aliphatic hydroxyl groups is 1. The molecule has 14 heavy (non-hydrogen) atoms. The van der Waals surface area contributed by atoms with Crippen LogP contribution >= 0.6 is 0 Å². The smallest absolute Gasteiger partial charge is 0.335 e. The molecule has 4 heteroatoms. The van der Waals surface area contributed by atoms with Crippen LogP contribution in [-0.4, -0.2) is 22.8 Å². The van der Waals surface area contributed by atoms with Crippen LogP contribution in [0.2, 0.25) is 0 Å². The molecule has 1 aromatic rings. The van der Waals surface area contributed by atoms with Crippen molar-refractivity contribution < 1.29 is 19.7 Å². The number of fused-ring (bicyclic) bond motifs is 1. The zero-order chi connectivity index (χ0) is 10.1. The average molecular weight is 194 g/mol. The first-order chi connectivity index (χ1) is 6.68. The van der Waals surface area contributed by atoms with Crippen LogP contribution in [0.25, 0.3) is 0 Å². The molecule has 1 atom stereocenters. The molecule has 4 nitrogen and oxygen atoms in total. The van der Waals surface area contributed by atoms with Crippen molar-refractivity contribution in [2.24, 2.45) is 0 Å². The van der Waals surface area contributed by atoms with Gasteiger partial charge in [-0.1, -0.05) is 6.07 Å². The maximum absolute atomic E-state index is 10.7. The summed E-state index contributed by atoms with van der Waals surface area (Å²) in [7, 11) is 0. The van der Waals surface area contributed by atoms with Gasteiger partial charge in [0.15, 0.2) is 0 Å². The minimum absolute atomic E-state index is 0.179. The third-order valence-electron chi connectivity index (χ3n) is 2.27. The van der Waals surface area contributed by atoms with Crippen LogP contribution in [0.3, 0.4) is 0 Å². The molecule has 0 bridgehead atoms. The Kier molecular flexibility index (Phi) is 2.13. The topological polar surface area (TPSA) is 66.8 Å². The third-order valence-corrected chi connectivity index (χ3v) is 2.27. The average Bonchev–Trinajstić information content (AvgIpc) is 2.17. The van der Waals surface area contributed by atoms with Gasteiger partial charge in [-0.15, -0.1) is 0 Å². The van der Waals surface area contributed by atoms with Gasteiger partial charge in [0.05, 0.1) is 18.3 Å². The molecule has 0 aliphatic carbocycles. The highest BCUT2D eigenvalue weighted by Gasteiger charge is 2.20. The van der Waals surface area contributed by atoms with Gasteiger partial charge in [0.2, 0.25) is 0 Å². The van der Waals surface area contributed by atoms with Gasteiger partial charge in [-0.05, 0) is 12.1 Å². The summed E-state index contributed by atoms with van der Waals surface area (Å²) in [6, 6.07) is 4.52. The van der Waals surface area contributed by atoms with Crippen LogP contribution in [0.15, 0.2) is 18.2 Å². The second-order valence-corrected chi connectivity index (χ2v) is 3.21. The summed E-state index contributed by atoms with van der Waals surface area (Å²) in [6.07, 6.45) is 0.0148. The lowest BCUT2D eigenvalue weighted by molar-refractivity contribution is 0.0694. The molecule has 1 unspecified atom stereocenters. The van der Waals surface area contributed by atoms with Crippen molar-refractivity contribution in [2.75, 3.05) is 6.61 Å². The molecule has 0 spiro atoms. The molecule has 1 heterocycles. The lowest BCUT2D eigenvalue weighted by Gasteiger charge is -2.22. The summed E-state index contributed by atoms with van der Waals surface area (Å²) in [5.74, 6) is -0.514. The maximum Gasteiger partial charge on any atom is 0.335 e. The monoisotopic (exact) mass is 194 g/mol. The molecule has 2 N–H and O–H groups in total. The Labute approximate surface area is 80.7 Å². The predicted octanol–water partition coefficient (Wildman–Crippen LogP) is 1.20. The summed E-state index contributed by atoms with van der Waals surface area (Å²) in [5, 5.41) is 18.3. The van der Waals surface area contributed by atoms with Crippen LogP contribution in [0.5, 0.6) is 5.75 Å². The molecule has 0 saturated carbocycles. The van der Waals surface area contributed by atoms with E-state index >= 15 is 0 Å². The van der Waals surface area contributed by atoms with E-state index in [1.807, 2.05) is 0 Å². The van der Waals surface area contributed by atoms with Gasteiger partial charge < -0.3 is 14.9 Å². The molecule has 74 valence electrons. The molecule has 1 aliphatic rings. The maximum atomic E-state index is 10.7. The third kappa shape index (κ3) is 1.44. The quantitative estimate of drug-likeness (QED) is 0.704. The van der Waals surface area contributed by atoms with Crippen LogP contribution in [0.1, 0.15) is 28.4 Å². The number of rotatable bonds is 1. The van der Waals surface area contributed by atoms with Crippen molar-refractivity contribution in [1.82, 2.24) is 0 Å². The van der Waals surface area contributed by atoms with Gasteiger partial charge >= 0.3 is 5.97 Å². The fraction of sp³-hybridized carbons (Fsp3) is 0.300. The molecular weight excluding hydrogens is 184 g/mol. The van der Waals surface area contributed by atoms with Crippen molar-refractivity contribution in [3.05, 3.63) is 29.3 Å². The summed E-state index contributed by atoms with van der Waals surface area (Å²) >= 11 is 0. The highest BCUT2D eigenvalue weighted by Crippen LogP contribution is 2.32. The van der Waals surface area contributed by atoms with E-state index in [1.165, 1.54) is 12.1 Å². The molecule has 0 amide bonds. The Morgan fingerprint density at radius 3 is 3.00 bits per heavy atom. The first-order valence-corrected chi connectivity index (χ1v) is 4.36. The Bertz CT molecular complexity index is 372. The van der Waals surface area contributed by atoms with Gasteiger partial charge in [-0.25, -0.2) is 4.79 Å². The molecular formula is C10H10O4. The standard InChI is InChI=1S/C10H10O4/c11-8-3-4-14-9-5-6(10(12)13)1-2-7(8)9/h1-2,5,8,11H,3-4H2,(H,12,13). The molecule has 0 saturated heterocycles. The number of aliphatic hydroxyl groups excluding tert-OH is 1. The number of hydrogen-bond donors (Lipinski definition) is 2. The number of ether oxygens (including phenoxy) is 1. The highest BCUT2D eigenvalue weighted by atomic mass is 16.5. The summed E-state index contributed by atoms with van der Waals surface area (Å²) < 4.78 is 5.26. The van der Waals surface area contributed by atoms with E-state index in [-0.39, 0.29) is 5.56 Å². The van der Waals surface area contributed by atoms with Gasteiger partial charge in [0.1, 0.15) is 5.75 Å².